The highest BCUT2D eigenvalue weighted by Gasteiger charge is 2.43. The Balaban J connectivity index is 1.97. The summed E-state index contributed by atoms with van der Waals surface area (Å²) in [6.45, 7) is 4.08. The first-order valence-corrected chi connectivity index (χ1v) is 8.03. The van der Waals surface area contributed by atoms with E-state index >= 15 is 0 Å². The van der Waals surface area contributed by atoms with Crippen LogP contribution in [-0.4, -0.2) is 17.2 Å². The molecule has 1 unspecified atom stereocenters. The van der Waals surface area contributed by atoms with Crippen LogP contribution in [0.3, 0.4) is 0 Å². The number of thiazole rings is 1. The van der Waals surface area contributed by atoms with Gasteiger partial charge < -0.3 is 10.6 Å². The summed E-state index contributed by atoms with van der Waals surface area (Å²) in [5.74, 6) is 0. The van der Waals surface area contributed by atoms with Crippen molar-refractivity contribution in [2.75, 3.05) is 0 Å². The van der Waals surface area contributed by atoms with E-state index in [4.69, 9.17) is 0 Å². The van der Waals surface area contributed by atoms with E-state index in [9.17, 15) is 18.0 Å². The lowest BCUT2D eigenvalue weighted by Gasteiger charge is -2.19. The number of hydrogen-bond donors (Lipinski definition) is 2. The number of hydrogen-bond acceptors (Lipinski definition) is 4. The van der Waals surface area contributed by atoms with Crippen LogP contribution in [0, 0.1) is 13.8 Å². The Labute approximate surface area is 133 Å². The van der Waals surface area contributed by atoms with Gasteiger partial charge in [-0.1, -0.05) is 0 Å². The molecule has 0 bridgehead atoms. The van der Waals surface area contributed by atoms with Crippen LogP contribution >= 0.6 is 22.7 Å². The first kappa shape index (κ1) is 16.8. The van der Waals surface area contributed by atoms with E-state index in [1.165, 1.54) is 22.9 Å². The summed E-state index contributed by atoms with van der Waals surface area (Å²) in [4.78, 5) is 17.4. The maximum atomic E-state index is 13.0. The molecule has 120 valence electrons. The van der Waals surface area contributed by atoms with Crippen molar-refractivity contribution in [3.8, 4) is 0 Å². The third-order valence-electron chi connectivity index (χ3n) is 2.94. The smallest absolute Gasteiger partial charge is 0.333 e. The molecule has 2 aromatic heterocycles. The van der Waals surface area contributed by atoms with E-state index in [1.807, 2.05) is 25.2 Å². The Kier molecular flexibility index (Phi) is 5.07. The summed E-state index contributed by atoms with van der Waals surface area (Å²) in [6.07, 6.45) is -3.32. The third-order valence-corrected chi connectivity index (χ3v) is 4.93. The number of alkyl halides is 3. The number of amides is 2. The zero-order valence-corrected chi connectivity index (χ0v) is 13.5. The molecule has 4 nitrogen and oxygen atoms in total. The molecular weight excluding hydrogens is 335 g/mol. The molecule has 2 amide bonds. The average Bonchev–Trinajstić information content (AvgIpc) is 3.03. The maximum absolute atomic E-state index is 13.0. The second kappa shape index (κ2) is 6.66. The summed E-state index contributed by atoms with van der Waals surface area (Å²) in [6, 6.07) is -1.07. The van der Waals surface area contributed by atoms with Crippen molar-refractivity contribution in [1.29, 1.82) is 0 Å². The Morgan fingerprint density at radius 3 is 2.64 bits per heavy atom. The van der Waals surface area contributed by atoms with Gasteiger partial charge in [0.2, 0.25) is 0 Å². The van der Waals surface area contributed by atoms with Crippen molar-refractivity contribution in [2.24, 2.45) is 0 Å². The second-order valence-electron chi connectivity index (χ2n) is 4.62. The van der Waals surface area contributed by atoms with Gasteiger partial charge in [-0.3, -0.25) is 0 Å². The minimum absolute atomic E-state index is 0.188. The first-order chi connectivity index (χ1) is 10.3. The molecule has 0 aliphatic carbocycles. The van der Waals surface area contributed by atoms with Gasteiger partial charge in [-0.05, 0) is 25.5 Å². The molecule has 9 heteroatoms. The largest absolute Gasteiger partial charge is 0.415 e. The molecule has 0 aliphatic rings. The van der Waals surface area contributed by atoms with Crippen molar-refractivity contribution in [3.05, 3.63) is 38.0 Å². The molecule has 0 fully saturated rings. The number of halogens is 3. The van der Waals surface area contributed by atoms with Crippen molar-refractivity contribution < 1.29 is 18.0 Å². The van der Waals surface area contributed by atoms with Gasteiger partial charge in [-0.25, -0.2) is 9.78 Å². The normalized spacial score (nSPS) is 13.0. The zero-order valence-electron chi connectivity index (χ0n) is 11.8. The van der Waals surface area contributed by atoms with Gasteiger partial charge in [-0.15, -0.1) is 22.7 Å². The van der Waals surface area contributed by atoms with E-state index in [0.717, 1.165) is 26.7 Å². The lowest BCUT2D eigenvalue weighted by Crippen LogP contribution is -2.43. The Morgan fingerprint density at radius 2 is 2.14 bits per heavy atom. The standard InChI is InChI=1S/C13H14F3N3OS2/c1-7-5-9(22-8(7)2)6-18-12(20)19-10(13(14,15)16)11-17-3-4-21-11/h3-5,10H,6H2,1-2H3,(H2,18,19,20). The fourth-order valence-electron chi connectivity index (χ4n) is 1.75. The highest BCUT2D eigenvalue weighted by molar-refractivity contribution is 7.12. The van der Waals surface area contributed by atoms with Gasteiger partial charge in [0.15, 0.2) is 6.04 Å². The molecule has 0 saturated heterocycles. The van der Waals surface area contributed by atoms with E-state index in [1.54, 1.807) is 0 Å². The van der Waals surface area contributed by atoms with Crippen LogP contribution in [-0.2, 0) is 6.54 Å². The number of rotatable bonds is 4. The highest BCUT2D eigenvalue weighted by atomic mass is 32.1. The number of urea groups is 1. The Hall–Kier alpha value is -1.61. The van der Waals surface area contributed by atoms with E-state index < -0.39 is 18.2 Å². The van der Waals surface area contributed by atoms with Crippen molar-refractivity contribution in [3.63, 3.8) is 0 Å². The summed E-state index contributed by atoms with van der Waals surface area (Å²) >= 11 is 2.35. The highest BCUT2D eigenvalue weighted by Crippen LogP contribution is 2.33. The average molecular weight is 349 g/mol. The quantitative estimate of drug-likeness (QED) is 0.879. The molecule has 22 heavy (non-hydrogen) atoms. The van der Waals surface area contributed by atoms with Crippen molar-refractivity contribution in [1.82, 2.24) is 15.6 Å². The van der Waals surface area contributed by atoms with Crippen LogP contribution in [0.15, 0.2) is 17.6 Å². The van der Waals surface area contributed by atoms with E-state index in [2.05, 4.69) is 10.3 Å². The molecule has 0 saturated carbocycles. The van der Waals surface area contributed by atoms with Crippen molar-refractivity contribution in [2.45, 2.75) is 32.6 Å². The molecule has 0 aromatic carbocycles. The number of aromatic nitrogens is 1. The minimum Gasteiger partial charge on any atom is -0.333 e. The van der Waals surface area contributed by atoms with Gasteiger partial charge in [-0.2, -0.15) is 13.2 Å². The fourth-order valence-corrected chi connectivity index (χ4v) is 3.45. The maximum Gasteiger partial charge on any atom is 0.415 e. The number of nitrogens with one attached hydrogen (secondary N) is 2. The molecule has 2 aromatic rings. The summed E-state index contributed by atoms with van der Waals surface area (Å²) in [7, 11) is 0. The number of carbonyl (C=O) groups is 1. The van der Waals surface area contributed by atoms with Crippen LogP contribution in [0.25, 0.3) is 0 Å². The number of carbonyl (C=O) groups excluding carboxylic acids is 1. The summed E-state index contributed by atoms with van der Waals surface area (Å²) in [5, 5.41) is 5.62. The van der Waals surface area contributed by atoms with Crippen LogP contribution < -0.4 is 10.6 Å². The van der Waals surface area contributed by atoms with Crippen LogP contribution in [0.4, 0.5) is 18.0 Å². The van der Waals surface area contributed by atoms with E-state index in [-0.39, 0.29) is 11.6 Å². The predicted molar refractivity (Wildman–Crippen MR) is 80.1 cm³/mol. The number of aryl methyl sites for hydroxylation is 2. The lowest BCUT2D eigenvalue weighted by molar-refractivity contribution is -0.154. The van der Waals surface area contributed by atoms with Crippen LogP contribution in [0.5, 0.6) is 0 Å². The topological polar surface area (TPSA) is 54.0 Å². The van der Waals surface area contributed by atoms with Crippen LogP contribution in [0.1, 0.15) is 26.4 Å². The van der Waals surface area contributed by atoms with Gasteiger partial charge >= 0.3 is 12.2 Å². The predicted octanol–water partition coefficient (Wildman–Crippen LogP) is 3.92. The molecule has 1 atom stereocenters. The number of nitrogens with zero attached hydrogens (tertiary/aromatic N) is 1. The number of thiophene rings is 1. The van der Waals surface area contributed by atoms with E-state index in [0.29, 0.717) is 0 Å². The fraction of sp³-hybridized carbons (Fsp3) is 0.385. The molecule has 2 N–H and O–H groups in total. The molecule has 0 radical (unpaired) electrons. The monoisotopic (exact) mass is 349 g/mol. The molecular formula is C13H14F3N3OS2. The Morgan fingerprint density at radius 1 is 1.41 bits per heavy atom. The molecule has 2 rings (SSSR count). The lowest BCUT2D eigenvalue weighted by atomic mass is 10.3. The minimum atomic E-state index is -4.59. The molecule has 2 heterocycles. The van der Waals surface area contributed by atoms with Gasteiger partial charge in [0.25, 0.3) is 0 Å². The zero-order chi connectivity index (χ0) is 16.3. The molecule has 0 spiro atoms. The first-order valence-electron chi connectivity index (χ1n) is 6.33. The van der Waals surface area contributed by atoms with Gasteiger partial charge in [0, 0.05) is 21.3 Å². The SMILES string of the molecule is Cc1cc(CNC(=O)NC(c2nccs2)C(F)(F)F)sc1C. The second-order valence-corrected chi connectivity index (χ2v) is 6.89. The van der Waals surface area contributed by atoms with Gasteiger partial charge in [0.05, 0.1) is 6.54 Å². The van der Waals surface area contributed by atoms with Gasteiger partial charge in [0.1, 0.15) is 5.01 Å². The summed E-state index contributed by atoms with van der Waals surface area (Å²) < 4.78 is 39.0. The molecule has 0 aliphatic heterocycles. The third kappa shape index (κ3) is 4.20. The Bertz CT molecular complexity index is 618. The van der Waals surface area contributed by atoms with Crippen LogP contribution in [0.2, 0.25) is 0 Å². The summed E-state index contributed by atoms with van der Waals surface area (Å²) in [5.41, 5.74) is 1.10. The van der Waals surface area contributed by atoms with Crippen molar-refractivity contribution >= 4 is 28.7 Å².